The van der Waals surface area contributed by atoms with Crippen LogP contribution in [0.1, 0.15) is 29.7 Å². The molecule has 5 heterocycles. The molecule has 7 nitrogen and oxygen atoms in total. The Bertz CT molecular complexity index is 1960. The van der Waals surface area contributed by atoms with Gasteiger partial charge in [0.05, 0.1) is 30.6 Å². The first kappa shape index (κ1) is 27.2. The molecule has 0 spiro atoms. The highest BCUT2D eigenvalue weighted by Gasteiger charge is 2.29. The molecule has 0 atom stereocenters. The van der Waals surface area contributed by atoms with E-state index in [4.69, 9.17) is 14.8 Å². The van der Waals surface area contributed by atoms with Crippen LogP contribution in [0.3, 0.4) is 0 Å². The molecule has 1 aliphatic carbocycles. The molecule has 0 saturated heterocycles. The van der Waals surface area contributed by atoms with Gasteiger partial charge in [0.1, 0.15) is 23.0 Å². The molecule has 0 radical (unpaired) electrons. The summed E-state index contributed by atoms with van der Waals surface area (Å²) in [6.45, 7) is 7.24. The standard InChI is InChI=1S/C35H32FN5O2S/c1-3-31(42)40-13-14-41-25(20-40)18-29(38-41)34-32(27-9-6-24(36)17-30(27)43-26-7-8-26)35-28(11-15-44-35)33(37-34)22-4-5-23-19-39(2)12-10-21(23)16-22/h3-6,9,11,15-18,26H,1,7-8,10,12-14,19-20H2,2H3. The molecule has 0 unspecified atom stereocenters. The van der Waals surface area contributed by atoms with Crippen LogP contribution in [0.15, 0.2) is 66.6 Å². The van der Waals surface area contributed by atoms with Crippen molar-refractivity contribution >= 4 is 27.3 Å². The van der Waals surface area contributed by atoms with Crippen molar-refractivity contribution in [1.82, 2.24) is 24.6 Å². The molecule has 3 aromatic heterocycles. The zero-order valence-corrected chi connectivity index (χ0v) is 25.4. The van der Waals surface area contributed by atoms with Crippen molar-refractivity contribution in [3.05, 3.63) is 89.2 Å². The number of benzene rings is 2. The Hall–Kier alpha value is -4.34. The molecular weight excluding hydrogens is 573 g/mol. The number of rotatable bonds is 6. The Morgan fingerprint density at radius 2 is 1.93 bits per heavy atom. The fraction of sp³-hybridized carbons (Fsp3) is 0.286. The normalized spacial score (nSPS) is 16.5. The lowest BCUT2D eigenvalue weighted by atomic mass is 9.93. The Morgan fingerprint density at radius 3 is 2.77 bits per heavy atom. The van der Waals surface area contributed by atoms with Gasteiger partial charge >= 0.3 is 0 Å². The minimum Gasteiger partial charge on any atom is -0.490 e. The van der Waals surface area contributed by atoms with Crippen LogP contribution in [0.25, 0.3) is 43.9 Å². The fourth-order valence-electron chi connectivity index (χ4n) is 6.39. The van der Waals surface area contributed by atoms with Gasteiger partial charge in [0.25, 0.3) is 0 Å². The van der Waals surface area contributed by atoms with Crippen LogP contribution in [-0.2, 0) is 30.8 Å². The number of nitrogens with zero attached hydrogens (tertiary/aromatic N) is 5. The van der Waals surface area contributed by atoms with Crippen LogP contribution in [0, 0.1) is 5.82 Å². The number of fused-ring (bicyclic) bond motifs is 3. The number of hydrogen-bond donors (Lipinski definition) is 0. The minimum atomic E-state index is -0.331. The van der Waals surface area contributed by atoms with Crippen molar-refractivity contribution in [3.63, 3.8) is 0 Å². The van der Waals surface area contributed by atoms with E-state index in [2.05, 4.69) is 48.2 Å². The van der Waals surface area contributed by atoms with Crippen LogP contribution in [0.2, 0.25) is 0 Å². The molecule has 222 valence electrons. The maximum absolute atomic E-state index is 14.6. The van der Waals surface area contributed by atoms with Crippen molar-refractivity contribution in [2.75, 3.05) is 20.1 Å². The minimum absolute atomic E-state index is 0.0908. The van der Waals surface area contributed by atoms with Gasteiger partial charge in [0, 0.05) is 52.5 Å². The van der Waals surface area contributed by atoms with Crippen LogP contribution in [-0.4, -0.2) is 56.7 Å². The van der Waals surface area contributed by atoms with Gasteiger partial charge in [-0.15, -0.1) is 11.3 Å². The SMILES string of the molecule is C=CC(=O)N1CCn2nc(-c3nc(-c4ccc5c(c4)CCN(C)C5)c4ccsc4c3-c3ccc(F)cc3OC3CC3)cc2C1. The summed E-state index contributed by atoms with van der Waals surface area (Å²) >= 11 is 1.65. The highest BCUT2D eigenvalue weighted by molar-refractivity contribution is 7.18. The number of thiophene rings is 1. The largest absolute Gasteiger partial charge is 0.490 e. The number of amides is 1. The molecule has 44 heavy (non-hydrogen) atoms. The van der Waals surface area contributed by atoms with Crippen molar-refractivity contribution in [2.24, 2.45) is 0 Å². The number of aromatic nitrogens is 3. The van der Waals surface area contributed by atoms with Crippen molar-refractivity contribution in [3.8, 4) is 39.5 Å². The molecule has 1 amide bonds. The molecule has 0 N–H and O–H groups in total. The van der Waals surface area contributed by atoms with Gasteiger partial charge in [0.15, 0.2) is 0 Å². The number of carbonyl (C=O) groups excluding carboxylic acids is 1. The van der Waals surface area contributed by atoms with E-state index in [-0.39, 0.29) is 17.8 Å². The van der Waals surface area contributed by atoms with Gasteiger partial charge in [-0.25, -0.2) is 9.37 Å². The van der Waals surface area contributed by atoms with Gasteiger partial charge in [-0.3, -0.25) is 9.48 Å². The first-order chi connectivity index (χ1) is 21.4. The van der Waals surface area contributed by atoms with E-state index in [0.29, 0.717) is 25.4 Å². The zero-order valence-electron chi connectivity index (χ0n) is 24.6. The quantitative estimate of drug-likeness (QED) is 0.202. The lowest BCUT2D eigenvalue weighted by Crippen LogP contribution is -2.37. The van der Waals surface area contributed by atoms with Crippen molar-refractivity contribution in [1.29, 1.82) is 0 Å². The number of carbonyl (C=O) groups is 1. The Balaban J connectivity index is 1.34. The van der Waals surface area contributed by atoms with Gasteiger partial charge in [-0.1, -0.05) is 18.7 Å². The van der Waals surface area contributed by atoms with E-state index >= 15 is 0 Å². The second-order valence-corrected chi connectivity index (χ2v) is 12.9. The summed E-state index contributed by atoms with van der Waals surface area (Å²) in [5.74, 6) is 0.108. The molecule has 1 saturated carbocycles. The average Bonchev–Trinajstić information content (AvgIpc) is 3.53. The van der Waals surface area contributed by atoms with Crippen molar-refractivity contribution in [2.45, 2.75) is 45.0 Å². The van der Waals surface area contributed by atoms with Crippen LogP contribution in [0.5, 0.6) is 5.75 Å². The highest BCUT2D eigenvalue weighted by atomic mass is 32.1. The second kappa shape index (κ2) is 10.7. The molecule has 2 aliphatic heterocycles. The van der Waals surface area contributed by atoms with Crippen molar-refractivity contribution < 1.29 is 13.9 Å². The lowest BCUT2D eigenvalue weighted by molar-refractivity contribution is -0.127. The number of likely N-dealkylation sites (N-methyl/N-ethyl adjacent to an activating group) is 1. The fourth-order valence-corrected chi connectivity index (χ4v) is 7.34. The monoisotopic (exact) mass is 605 g/mol. The van der Waals surface area contributed by atoms with Gasteiger partial charge in [-0.05, 0) is 79.2 Å². The Kier molecular flexibility index (Phi) is 6.61. The highest BCUT2D eigenvalue weighted by Crippen LogP contribution is 2.47. The molecule has 2 aromatic carbocycles. The van der Waals surface area contributed by atoms with E-state index < -0.39 is 0 Å². The van der Waals surface area contributed by atoms with E-state index in [1.807, 2.05) is 16.8 Å². The Morgan fingerprint density at radius 1 is 1.05 bits per heavy atom. The number of pyridine rings is 1. The molecule has 8 rings (SSSR count). The first-order valence-corrected chi connectivity index (χ1v) is 16.0. The van der Waals surface area contributed by atoms with Crippen LogP contribution >= 0.6 is 11.3 Å². The summed E-state index contributed by atoms with van der Waals surface area (Å²) in [6, 6.07) is 15.7. The third-order valence-corrected chi connectivity index (χ3v) is 9.78. The smallest absolute Gasteiger partial charge is 0.246 e. The summed E-state index contributed by atoms with van der Waals surface area (Å²) in [5.41, 5.74) is 8.78. The Labute approximate surface area is 259 Å². The van der Waals surface area contributed by atoms with E-state index in [9.17, 15) is 9.18 Å². The summed E-state index contributed by atoms with van der Waals surface area (Å²) in [7, 11) is 2.16. The maximum Gasteiger partial charge on any atom is 0.246 e. The first-order valence-electron chi connectivity index (χ1n) is 15.1. The number of hydrogen-bond acceptors (Lipinski definition) is 6. The predicted octanol–water partition coefficient (Wildman–Crippen LogP) is 6.69. The number of ether oxygens (including phenoxy) is 1. The molecule has 5 aromatic rings. The number of halogens is 1. The molecule has 1 fully saturated rings. The van der Waals surface area contributed by atoms with Crippen LogP contribution < -0.4 is 4.74 Å². The van der Waals surface area contributed by atoms with E-state index in [1.165, 1.54) is 29.3 Å². The maximum atomic E-state index is 14.6. The second-order valence-electron chi connectivity index (χ2n) is 12.0. The van der Waals surface area contributed by atoms with Gasteiger partial charge < -0.3 is 14.5 Å². The molecule has 0 bridgehead atoms. The topological polar surface area (TPSA) is 63.5 Å². The molecule has 3 aliphatic rings. The molecular formula is C35H32FN5O2S. The van der Waals surface area contributed by atoms with Gasteiger partial charge in [0.2, 0.25) is 5.91 Å². The summed E-state index contributed by atoms with van der Waals surface area (Å²) in [5, 5.41) is 8.17. The average molecular weight is 606 g/mol. The third kappa shape index (κ3) is 4.80. The van der Waals surface area contributed by atoms with Crippen LogP contribution in [0.4, 0.5) is 4.39 Å². The zero-order chi connectivity index (χ0) is 29.9. The molecule has 9 heteroatoms. The predicted molar refractivity (Wildman–Crippen MR) is 171 cm³/mol. The summed E-state index contributed by atoms with van der Waals surface area (Å²) in [6.07, 6.45) is 4.40. The van der Waals surface area contributed by atoms with Gasteiger partial charge in [-0.2, -0.15) is 5.10 Å². The summed E-state index contributed by atoms with van der Waals surface area (Å²) < 4.78 is 23.9. The lowest BCUT2D eigenvalue weighted by Gasteiger charge is -2.26. The summed E-state index contributed by atoms with van der Waals surface area (Å²) in [4.78, 5) is 21.9. The van der Waals surface area contributed by atoms with E-state index in [1.54, 1.807) is 16.2 Å². The van der Waals surface area contributed by atoms with E-state index in [0.717, 1.165) is 81.9 Å². The third-order valence-electron chi connectivity index (χ3n) is 8.85.